The molecule has 0 saturated carbocycles. The second kappa shape index (κ2) is 9.31. The van der Waals surface area contributed by atoms with Crippen LogP contribution in [0, 0.1) is 5.82 Å². The summed E-state index contributed by atoms with van der Waals surface area (Å²) >= 11 is 0. The molecule has 0 unspecified atom stereocenters. The van der Waals surface area contributed by atoms with Gasteiger partial charge in [0.15, 0.2) is 0 Å². The van der Waals surface area contributed by atoms with Crippen LogP contribution in [0.1, 0.15) is 15.9 Å². The quantitative estimate of drug-likeness (QED) is 0.343. The summed E-state index contributed by atoms with van der Waals surface area (Å²) < 4.78 is 14.5. The highest BCUT2D eigenvalue weighted by Gasteiger charge is 2.14. The molecular formula is C24H20FN5O3. The predicted octanol–water partition coefficient (Wildman–Crippen LogP) is 3.44. The van der Waals surface area contributed by atoms with Gasteiger partial charge >= 0.3 is 5.97 Å². The number of pyridine rings is 2. The lowest BCUT2D eigenvalue weighted by molar-refractivity contribution is -0.135. The van der Waals surface area contributed by atoms with E-state index in [1.165, 1.54) is 18.2 Å². The topological polar surface area (TPSA) is 130 Å². The first-order valence-corrected chi connectivity index (χ1v) is 10.0. The summed E-state index contributed by atoms with van der Waals surface area (Å²) in [6.07, 6.45) is 1.74. The van der Waals surface area contributed by atoms with Gasteiger partial charge in [-0.1, -0.05) is 18.2 Å². The number of nitrogens with zero attached hydrogens (tertiary/aromatic N) is 2. The zero-order chi connectivity index (χ0) is 23.4. The van der Waals surface area contributed by atoms with Crippen molar-refractivity contribution in [3.63, 3.8) is 0 Å². The minimum Gasteiger partial charge on any atom is -0.480 e. The molecule has 2 aromatic carbocycles. The predicted molar refractivity (Wildman–Crippen MR) is 123 cm³/mol. The van der Waals surface area contributed by atoms with Crippen molar-refractivity contribution in [2.75, 3.05) is 17.6 Å². The molecule has 4 rings (SSSR count). The molecule has 0 atom stereocenters. The van der Waals surface area contributed by atoms with E-state index >= 15 is 0 Å². The van der Waals surface area contributed by atoms with Crippen LogP contribution >= 0.6 is 0 Å². The molecule has 0 bridgehead atoms. The third-order valence-electron chi connectivity index (χ3n) is 4.96. The highest BCUT2D eigenvalue weighted by molar-refractivity contribution is 5.96. The Labute approximate surface area is 188 Å². The number of amides is 1. The Morgan fingerprint density at radius 2 is 1.91 bits per heavy atom. The lowest BCUT2D eigenvalue weighted by Gasteiger charge is -2.12. The summed E-state index contributed by atoms with van der Waals surface area (Å²) in [7, 11) is 0. The van der Waals surface area contributed by atoms with E-state index in [1.54, 1.807) is 18.3 Å². The molecule has 4 aromatic rings. The van der Waals surface area contributed by atoms with Gasteiger partial charge in [0.25, 0.3) is 5.91 Å². The summed E-state index contributed by atoms with van der Waals surface area (Å²) in [5, 5.41) is 15.0. The first-order chi connectivity index (χ1) is 15.9. The van der Waals surface area contributed by atoms with Gasteiger partial charge in [-0.05, 0) is 48.0 Å². The standard InChI is InChI=1S/C24H20FN5O3/c25-18-11-16(4-5-17(18)24(33)29-13-22(31)32)21-8-6-19(26)23(30-21)28-12-14-3-7-20-15(10-14)2-1-9-27-20/h1-11H,12-13,26H2,(H,28,30)(H,29,33)(H,31,32). The van der Waals surface area contributed by atoms with Crippen LogP contribution in [0.25, 0.3) is 22.2 Å². The van der Waals surface area contributed by atoms with Crippen molar-refractivity contribution in [2.24, 2.45) is 0 Å². The number of benzene rings is 2. The van der Waals surface area contributed by atoms with Crippen molar-refractivity contribution in [1.82, 2.24) is 15.3 Å². The van der Waals surface area contributed by atoms with Gasteiger partial charge in [-0.3, -0.25) is 14.6 Å². The number of halogens is 1. The number of aromatic nitrogens is 2. The van der Waals surface area contributed by atoms with Gasteiger partial charge < -0.3 is 21.5 Å². The molecule has 0 aliphatic rings. The van der Waals surface area contributed by atoms with Crippen LogP contribution in [0.15, 0.2) is 66.9 Å². The van der Waals surface area contributed by atoms with E-state index in [1.807, 2.05) is 30.3 Å². The van der Waals surface area contributed by atoms with Crippen molar-refractivity contribution in [2.45, 2.75) is 6.54 Å². The van der Waals surface area contributed by atoms with E-state index in [0.717, 1.165) is 16.5 Å². The largest absolute Gasteiger partial charge is 0.480 e. The number of carboxylic acids is 1. The summed E-state index contributed by atoms with van der Waals surface area (Å²) in [6, 6.07) is 17.1. The molecule has 166 valence electrons. The van der Waals surface area contributed by atoms with Gasteiger partial charge in [0.05, 0.1) is 22.5 Å². The average molecular weight is 445 g/mol. The van der Waals surface area contributed by atoms with Gasteiger partial charge in [-0.25, -0.2) is 9.37 Å². The number of fused-ring (bicyclic) bond motifs is 1. The second-order valence-electron chi connectivity index (χ2n) is 7.29. The van der Waals surface area contributed by atoms with E-state index in [0.29, 0.717) is 29.3 Å². The molecule has 0 aliphatic heterocycles. The van der Waals surface area contributed by atoms with Crippen LogP contribution in [-0.4, -0.2) is 33.5 Å². The molecule has 0 aliphatic carbocycles. The molecule has 33 heavy (non-hydrogen) atoms. The molecule has 5 N–H and O–H groups in total. The number of nitrogens with two attached hydrogens (primary N) is 1. The Balaban J connectivity index is 1.52. The first kappa shape index (κ1) is 21.7. The molecular weight excluding hydrogens is 425 g/mol. The summed E-state index contributed by atoms with van der Waals surface area (Å²) in [5.41, 5.74) is 9.08. The molecule has 8 nitrogen and oxygen atoms in total. The number of anilines is 2. The summed E-state index contributed by atoms with van der Waals surface area (Å²) in [6.45, 7) is -0.120. The normalized spacial score (nSPS) is 10.7. The number of nitrogens with one attached hydrogen (secondary N) is 2. The second-order valence-corrected chi connectivity index (χ2v) is 7.29. The average Bonchev–Trinajstić information content (AvgIpc) is 2.81. The van der Waals surface area contributed by atoms with Crippen LogP contribution in [0.2, 0.25) is 0 Å². The van der Waals surface area contributed by atoms with Gasteiger partial charge in [0, 0.05) is 23.7 Å². The van der Waals surface area contributed by atoms with E-state index in [4.69, 9.17) is 10.8 Å². The summed E-state index contributed by atoms with van der Waals surface area (Å²) in [4.78, 5) is 31.4. The van der Waals surface area contributed by atoms with E-state index in [2.05, 4.69) is 20.6 Å². The molecule has 2 heterocycles. The molecule has 0 spiro atoms. The number of nitrogen functional groups attached to an aromatic ring is 1. The number of carbonyl (C=O) groups is 2. The molecule has 9 heteroatoms. The molecule has 0 radical (unpaired) electrons. The molecule has 0 saturated heterocycles. The molecule has 2 aromatic heterocycles. The molecule has 1 amide bonds. The maximum absolute atomic E-state index is 14.5. The Morgan fingerprint density at radius 3 is 2.70 bits per heavy atom. The minimum absolute atomic E-state index is 0.250. The number of hydrogen-bond acceptors (Lipinski definition) is 6. The van der Waals surface area contributed by atoms with Crippen molar-refractivity contribution in [3.8, 4) is 11.3 Å². The van der Waals surface area contributed by atoms with Crippen molar-refractivity contribution in [1.29, 1.82) is 0 Å². The SMILES string of the molecule is Nc1ccc(-c2ccc(C(=O)NCC(=O)O)c(F)c2)nc1NCc1ccc2ncccc2c1. The Bertz CT molecular complexity index is 1360. The van der Waals surface area contributed by atoms with E-state index < -0.39 is 24.2 Å². The fourth-order valence-corrected chi connectivity index (χ4v) is 3.30. The zero-order valence-corrected chi connectivity index (χ0v) is 17.4. The van der Waals surface area contributed by atoms with E-state index in [9.17, 15) is 14.0 Å². The Morgan fingerprint density at radius 1 is 1.06 bits per heavy atom. The van der Waals surface area contributed by atoms with Crippen LogP contribution in [0.4, 0.5) is 15.9 Å². The van der Waals surface area contributed by atoms with Crippen molar-refractivity contribution >= 4 is 34.3 Å². The maximum Gasteiger partial charge on any atom is 0.322 e. The fourth-order valence-electron chi connectivity index (χ4n) is 3.30. The van der Waals surface area contributed by atoms with Gasteiger partial charge in [-0.15, -0.1) is 0 Å². The van der Waals surface area contributed by atoms with Crippen LogP contribution in [0.5, 0.6) is 0 Å². The van der Waals surface area contributed by atoms with Crippen LogP contribution < -0.4 is 16.4 Å². The molecule has 0 fully saturated rings. The van der Waals surface area contributed by atoms with Gasteiger partial charge in [-0.2, -0.15) is 0 Å². The third-order valence-corrected chi connectivity index (χ3v) is 4.96. The number of hydrogen-bond donors (Lipinski definition) is 4. The van der Waals surface area contributed by atoms with Crippen molar-refractivity contribution < 1.29 is 19.1 Å². The maximum atomic E-state index is 14.5. The number of carboxylic acid groups (broad SMARTS) is 1. The Kier molecular flexibility index (Phi) is 6.12. The summed E-state index contributed by atoms with van der Waals surface area (Å²) in [5.74, 6) is -2.36. The Hall–Kier alpha value is -4.53. The van der Waals surface area contributed by atoms with Crippen LogP contribution in [-0.2, 0) is 11.3 Å². The number of rotatable bonds is 7. The van der Waals surface area contributed by atoms with Crippen molar-refractivity contribution in [3.05, 3.63) is 83.8 Å². The highest BCUT2D eigenvalue weighted by atomic mass is 19.1. The lowest BCUT2D eigenvalue weighted by Crippen LogP contribution is -2.29. The van der Waals surface area contributed by atoms with Gasteiger partial charge in [0.2, 0.25) is 0 Å². The zero-order valence-electron chi connectivity index (χ0n) is 17.4. The number of aliphatic carboxylic acids is 1. The van der Waals surface area contributed by atoms with Crippen LogP contribution in [0.3, 0.4) is 0 Å². The number of carbonyl (C=O) groups excluding carboxylic acids is 1. The monoisotopic (exact) mass is 445 g/mol. The third kappa shape index (κ3) is 5.04. The van der Waals surface area contributed by atoms with Gasteiger partial charge in [0.1, 0.15) is 18.2 Å². The minimum atomic E-state index is -1.22. The highest BCUT2D eigenvalue weighted by Crippen LogP contribution is 2.25. The smallest absolute Gasteiger partial charge is 0.322 e. The fraction of sp³-hybridized carbons (Fsp3) is 0.0833. The first-order valence-electron chi connectivity index (χ1n) is 10.0. The lowest BCUT2D eigenvalue weighted by atomic mass is 10.1. The van der Waals surface area contributed by atoms with E-state index in [-0.39, 0.29) is 5.56 Å².